The van der Waals surface area contributed by atoms with Crippen LogP contribution in [-0.2, 0) is 0 Å². The van der Waals surface area contributed by atoms with Gasteiger partial charge in [0.05, 0.1) is 5.69 Å². The Balaban J connectivity index is 1.87. The van der Waals surface area contributed by atoms with E-state index in [0.717, 1.165) is 5.69 Å². The van der Waals surface area contributed by atoms with E-state index in [1.807, 2.05) is 12.3 Å². The molecule has 0 N–H and O–H groups in total. The third-order valence-electron chi connectivity index (χ3n) is 6.29. The molecule has 0 saturated heterocycles. The molecule has 2 aliphatic carbocycles. The van der Waals surface area contributed by atoms with Crippen molar-refractivity contribution in [3.63, 3.8) is 0 Å². The Labute approximate surface area is 150 Å². The second-order valence-corrected chi connectivity index (χ2v) is 7.48. The lowest BCUT2D eigenvalue weighted by Crippen LogP contribution is -2.13. The number of allylic oxidation sites excluding steroid dienone is 5. The Morgan fingerprint density at radius 2 is 1.48 bits per heavy atom. The minimum atomic E-state index is 0.450. The zero-order chi connectivity index (χ0) is 17.7. The first-order chi connectivity index (χ1) is 12.0. The first-order valence-corrected chi connectivity index (χ1v) is 9.08. The zero-order valence-corrected chi connectivity index (χ0v) is 15.7. The lowest BCUT2D eigenvalue weighted by atomic mass is 9.77. The summed E-state index contributed by atoms with van der Waals surface area (Å²) in [4.78, 5) is 4.58. The molecule has 0 bridgehead atoms. The molecule has 0 aliphatic heterocycles. The van der Waals surface area contributed by atoms with E-state index in [2.05, 4.69) is 76.0 Å². The Kier molecular flexibility index (Phi) is 3.76. The Bertz CT molecular complexity index is 917. The van der Waals surface area contributed by atoms with Gasteiger partial charge in [-0.25, -0.2) is 0 Å². The molecule has 1 aromatic carbocycles. The van der Waals surface area contributed by atoms with Gasteiger partial charge in [-0.05, 0) is 69.0 Å². The highest BCUT2D eigenvalue weighted by Crippen LogP contribution is 2.52. The van der Waals surface area contributed by atoms with Crippen molar-refractivity contribution in [3.8, 4) is 11.3 Å². The summed E-state index contributed by atoms with van der Waals surface area (Å²) in [5, 5.41) is 0. The van der Waals surface area contributed by atoms with Gasteiger partial charge in [-0.2, -0.15) is 0 Å². The SMILES string of the molecule is CC1=Cc2c(-c3ccccn3)cccc2C1C1C(C)=C(C)C(C)=C1C. The van der Waals surface area contributed by atoms with Crippen LogP contribution in [0.4, 0.5) is 0 Å². The lowest BCUT2D eigenvalue weighted by molar-refractivity contribution is 0.623. The van der Waals surface area contributed by atoms with Crippen molar-refractivity contribution in [2.24, 2.45) is 5.92 Å². The minimum Gasteiger partial charge on any atom is -0.256 e. The van der Waals surface area contributed by atoms with Gasteiger partial charge in [0.15, 0.2) is 0 Å². The van der Waals surface area contributed by atoms with E-state index < -0.39 is 0 Å². The molecule has 4 rings (SSSR count). The van der Waals surface area contributed by atoms with Crippen LogP contribution in [0, 0.1) is 5.92 Å². The van der Waals surface area contributed by atoms with Crippen molar-refractivity contribution in [2.75, 3.05) is 0 Å². The molecule has 1 nitrogen and oxygen atoms in total. The van der Waals surface area contributed by atoms with Gasteiger partial charge in [0.25, 0.3) is 0 Å². The van der Waals surface area contributed by atoms with Gasteiger partial charge in [0, 0.05) is 23.6 Å². The van der Waals surface area contributed by atoms with Crippen molar-refractivity contribution in [2.45, 2.75) is 40.5 Å². The van der Waals surface area contributed by atoms with E-state index >= 15 is 0 Å². The van der Waals surface area contributed by atoms with E-state index in [4.69, 9.17) is 0 Å². The molecule has 1 aromatic heterocycles. The van der Waals surface area contributed by atoms with Crippen LogP contribution in [0.25, 0.3) is 17.3 Å². The van der Waals surface area contributed by atoms with E-state index in [1.165, 1.54) is 44.6 Å². The summed E-state index contributed by atoms with van der Waals surface area (Å²) in [5.41, 5.74) is 12.6. The maximum Gasteiger partial charge on any atom is 0.0708 e. The van der Waals surface area contributed by atoms with Gasteiger partial charge in [-0.15, -0.1) is 0 Å². The van der Waals surface area contributed by atoms with Crippen molar-refractivity contribution < 1.29 is 0 Å². The summed E-state index contributed by atoms with van der Waals surface area (Å²) in [6.07, 6.45) is 4.26. The van der Waals surface area contributed by atoms with E-state index in [0.29, 0.717) is 11.8 Å². The number of rotatable bonds is 2. The molecular weight excluding hydrogens is 302 g/mol. The highest BCUT2D eigenvalue weighted by molar-refractivity contribution is 5.81. The molecule has 25 heavy (non-hydrogen) atoms. The van der Waals surface area contributed by atoms with Crippen molar-refractivity contribution in [3.05, 3.63) is 81.6 Å². The van der Waals surface area contributed by atoms with Gasteiger partial charge in [-0.1, -0.05) is 47.1 Å². The predicted octanol–water partition coefficient (Wildman–Crippen LogP) is 6.55. The van der Waals surface area contributed by atoms with Crippen LogP contribution in [0.5, 0.6) is 0 Å². The maximum absolute atomic E-state index is 4.58. The number of nitrogens with zero attached hydrogens (tertiary/aromatic N) is 1. The van der Waals surface area contributed by atoms with Gasteiger partial charge >= 0.3 is 0 Å². The molecule has 0 fully saturated rings. The number of hydrogen-bond donors (Lipinski definition) is 0. The first kappa shape index (κ1) is 16.1. The molecule has 1 atom stereocenters. The highest BCUT2D eigenvalue weighted by atomic mass is 14.7. The molecule has 0 radical (unpaired) electrons. The van der Waals surface area contributed by atoms with Crippen molar-refractivity contribution >= 4 is 6.08 Å². The minimum absolute atomic E-state index is 0.450. The van der Waals surface area contributed by atoms with Gasteiger partial charge < -0.3 is 0 Å². The number of hydrogen-bond acceptors (Lipinski definition) is 1. The van der Waals surface area contributed by atoms with Crippen LogP contribution in [0.3, 0.4) is 0 Å². The zero-order valence-electron chi connectivity index (χ0n) is 15.7. The van der Waals surface area contributed by atoms with Crippen LogP contribution >= 0.6 is 0 Å². The molecule has 0 spiro atoms. The lowest BCUT2D eigenvalue weighted by Gasteiger charge is -2.26. The quantitative estimate of drug-likeness (QED) is 0.609. The average molecular weight is 327 g/mol. The summed E-state index contributed by atoms with van der Waals surface area (Å²) >= 11 is 0. The van der Waals surface area contributed by atoms with E-state index in [1.54, 1.807) is 0 Å². The van der Waals surface area contributed by atoms with Crippen LogP contribution in [0.15, 0.2) is 70.5 Å². The van der Waals surface area contributed by atoms with Gasteiger partial charge in [0.2, 0.25) is 0 Å². The summed E-state index contributed by atoms with van der Waals surface area (Å²) < 4.78 is 0. The van der Waals surface area contributed by atoms with E-state index in [-0.39, 0.29) is 0 Å². The number of aromatic nitrogens is 1. The van der Waals surface area contributed by atoms with Crippen LogP contribution in [-0.4, -0.2) is 4.98 Å². The second-order valence-electron chi connectivity index (χ2n) is 7.48. The fourth-order valence-corrected chi connectivity index (χ4v) is 4.65. The summed E-state index contributed by atoms with van der Waals surface area (Å²) in [6.45, 7) is 11.5. The molecule has 2 aliphatic rings. The fourth-order valence-electron chi connectivity index (χ4n) is 4.65. The summed E-state index contributed by atoms with van der Waals surface area (Å²) in [7, 11) is 0. The largest absolute Gasteiger partial charge is 0.256 e. The topological polar surface area (TPSA) is 12.9 Å². The van der Waals surface area contributed by atoms with Gasteiger partial charge in [0.1, 0.15) is 0 Å². The molecule has 1 heteroatoms. The molecule has 0 saturated carbocycles. The standard InChI is InChI=1S/C24H25N/c1-14-13-21-19(22-11-6-7-12-25-22)9-8-10-20(21)23(14)24-17(4)15(2)16(3)18(24)5/h6-13,23-24H,1-5H3. The number of fused-ring (bicyclic) bond motifs is 1. The Hall–Kier alpha value is -2.41. The molecular formula is C24H25N. The average Bonchev–Trinajstić information content (AvgIpc) is 3.05. The molecule has 1 unspecified atom stereocenters. The Morgan fingerprint density at radius 3 is 2.12 bits per heavy atom. The third-order valence-corrected chi connectivity index (χ3v) is 6.29. The smallest absolute Gasteiger partial charge is 0.0708 e. The van der Waals surface area contributed by atoms with Crippen LogP contribution in [0.2, 0.25) is 0 Å². The molecule has 1 heterocycles. The number of pyridine rings is 1. The van der Waals surface area contributed by atoms with Crippen LogP contribution in [0.1, 0.15) is 51.7 Å². The number of benzene rings is 1. The predicted molar refractivity (Wildman–Crippen MR) is 106 cm³/mol. The highest BCUT2D eigenvalue weighted by Gasteiger charge is 2.37. The Morgan fingerprint density at radius 1 is 0.760 bits per heavy atom. The monoisotopic (exact) mass is 327 g/mol. The summed E-state index contributed by atoms with van der Waals surface area (Å²) in [5.74, 6) is 0.947. The maximum atomic E-state index is 4.58. The van der Waals surface area contributed by atoms with E-state index in [9.17, 15) is 0 Å². The van der Waals surface area contributed by atoms with Gasteiger partial charge in [-0.3, -0.25) is 4.98 Å². The van der Waals surface area contributed by atoms with Crippen molar-refractivity contribution in [1.29, 1.82) is 0 Å². The first-order valence-electron chi connectivity index (χ1n) is 9.08. The molecule has 2 aromatic rings. The second kappa shape index (κ2) is 5.84. The summed E-state index contributed by atoms with van der Waals surface area (Å²) in [6, 6.07) is 12.8. The third kappa shape index (κ3) is 2.33. The van der Waals surface area contributed by atoms with Crippen molar-refractivity contribution in [1.82, 2.24) is 4.98 Å². The molecule has 0 amide bonds. The normalized spacial score (nSPS) is 20.4. The van der Waals surface area contributed by atoms with Crippen LogP contribution < -0.4 is 0 Å². The fraction of sp³-hybridized carbons (Fsp3) is 0.292. The molecule has 126 valence electrons.